The molecule has 0 spiro atoms. The van der Waals surface area contributed by atoms with Gasteiger partial charge < -0.3 is 5.32 Å². The molecule has 0 aliphatic carbocycles. The molecule has 0 amide bonds. The van der Waals surface area contributed by atoms with Crippen LogP contribution in [0.25, 0.3) is 6.08 Å². The summed E-state index contributed by atoms with van der Waals surface area (Å²) in [6.45, 7) is 3.08. The molecule has 2 nitrogen and oxygen atoms in total. The lowest BCUT2D eigenvalue weighted by Gasteiger charge is -1.95. The van der Waals surface area contributed by atoms with Crippen LogP contribution in [-0.2, 0) is 0 Å². The van der Waals surface area contributed by atoms with Crippen LogP contribution in [0.3, 0.4) is 0 Å². The Kier molecular flexibility index (Phi) is 4.19. The number of rotatable bonds is 4. The molecule has 1 rings (SSSR count). The molecule has 1 N–H and O–H groups in total. The van der Waals surface area contributed by atoms with Crippen LogP contribution in [0.5, 0.6) is 0 Å². The molecule has 0 saturated heterocycles. The van der Waals surface area contributed by atoms with E-state index in [0.717, 1.165) is 13.0 Å². The van der Waals surface area contributed by atoms with Gasteiger partial charge in [0.15, 0.2) is 0 Å². The first-order chi connectivity index (χ1) is 6.33. The van der Waals surface area contributed by atoms with Crippen molar-refractivity contribution in [2.45, 2.75) is 13.3 Å². The summed E-state index contributed by atoms with van der Waals surface area (Å²) in [5.41, 5.74) is 2.38. The summed E-state index contributed by atoms with van der Waals surface area (Å²) in [6, 6.07) is 2.13. The third kappa shape index (κ3) is 3.85. The summed E-state index contributed by atoms with van der Waals surface area (Å²) in [5, 5.41) is 3.10. The number of hydrogen-bond acceptors (Lipinski definition) is 2. The van der Waals surface area contributed by atoms with Crippen molar-refractivity contribution in [1.82, 2.24) is 10.3 Å². The zero-order valence-electron chi connectivity index (χ0n) is 8.25. The first-order valence-electron chi connectivity index (χ1n) is 4.55. The molecule has 0 bridgehead atoms. The predicted molar refractivity (Wildman–Crippen MR) is 56.6 cm³/mol. The van der Waals surface area contributed by atoms with Crippen LogP contribution in [0.4, 0.5) is 0 Å². The van der Waals surface area contributed by atoms with Crippen LogP contribution in [0.2, 0.25) is 0 Å². The molecular weight excluding hydrogens is 160 g/mol. The molecule has 0 fully saturated rings. The standard InChI is InChI=1S/C11H16N2/c1-10-7-11(9-13-8-10)5-3-4-6-12-2/h3,5,7-9,12H,4,6H2,1-2H3/b5-3+. The lowest BCUT2D eigenvalue weighted by molar-refractivity contribution is 0.809. The second kappa shape index (κ2) is 5.49. The van der Waals surface area contributed by atoms with E-state index >= 15 is 0 Å². The summed E-state index contributed by atoms with van der Waals surface area (Å²) in [7, 11) is 1.96. The van der Waals surface area contributed by atoms with E-state index in [2.05, 4.69) is 35.4 Å². The fraction of sp³-hybridized carbons (Fsp3) is 0.364. The Bertz CT molecular complexity index is 279. The van der Waals surface area contributed by atoms with Gasteiger partial charge in [0.05, 0.1) is 0 Å². The van der Waals surface area contributed by atoms with E-state index in [9.17, 15) is 0 Å². The van der Waals surface area contributed by atoms with Gasteiger partial charge in [-0.2, -0.15) is 0 Å². The Hall–Kier alpha value is -1.15. The van der Waals surface area contributed by atoms with Crippen molar-refractivity contribution in [2.24, 2.45) is 0 Å². The SMILES string of the molecule is CNCC/C=C/c1cncc(C)c1. The molecule has 0 aliphatic rings. The Morgan fingerprint density at radius 3 is 3.00 bits per heavy atom. The molecule has 70 valence electrons. The van der Waals surface area contributed by atoms with Crippen molar-refractivity contribution in [1.29, 1.82) is 0 Å². The van der Waals surface area contributed by atoms with Crippen LogP contribution in [0, 0.1) is 6.92 Å². The van der Waals surface area contributed by atoms with Crippen molar-refractivity contribution in [2.75, 3.05) is 13.6 Å². The van der Waals surface area contributed by atoms with E-state index in [1.54, 1.807) is 0 Å². The molecule has 0 atom stereocenters. The molecule has 0 aromatic carbocycles. The van der Waals surface area contributed by atoms with Crippen molar-refractivity contribution < 1.29 is 0 Å². The van der Waals surface area contributed by atoms with Gasteiger partial charge in [0.25, 0.3) is 0 Å². The molecule has 13 heavy (non-hydrogen) atoms. The lowest BCUT2D eigenvalue weighted by atomic mass is 10.2. The Morgan fingerprint density at radius 1 is 1.46 bits per heavy atom. The van der Waals surface area contributed by atoms with E-state index in [0.29, 0.717) is 0 Å². The fourth-order valence-corrected chi connectivity index (χ4v) is 1.12. The summed E-state index contributed by atoms with van der Waals surface area (Å²) in [4.78, 5) is 4.12. The van der Waals surface area contributed by atoms with E-state index < -0.39 is 0 Å². The van der Waals surface area contributed by atoms with Gasteiger partial charge in [-0.05, 0) is 44.1 Å². The fourth-order valence-electron chi connectivity index (χ4n) is 1.12. The minimum atomic E-state index is 1.02. The first-order valence-corrected chi connectivity index (χ1v) is 4.55. The molecular formula is C11H16N2. The third-order valence-corrected chi connectivity index (χ3v) is 1.77. The lowest BCUT2D eigenvalue weighted by Crippen LogP contribution is -2.05. The third-order valence-electron chi connectivity index (χ3n) is 1.77. The molecule has 0 saturated carbocycles. The van der Waals surface area contributed by atoms with E-state index in [1.165, 1.54) is 11.1 Å². The Morgan fingerprint density at radius 2 is 2.31 bits per heavy atom. The molecule has 0 aliphatic heterocycles. The summed E-state index contributed by atoms with van der Waals surface area (Å²) >= 11 is 0. The largest absolute Gasteiger partial charge is 0.319 e. The number of nitrogens with one attached hydrogen (secondary N) is 1. The maximum Gasteiger partial charge on any atom is 0.0340 e. The summed E-state index contributed by atoms with van der Waals surface area (Å²) < 4.78 is 0. The maximum absolute atomic E-state index is 4.12. The van der Waals surface area contributed by atoms with Gasteiger partial charge in [-0.25, -0.2) is 0 Å². The minimum Gasteiger partial charge on any atom is -0.319 e. The number of aromatic nitrogens is 1. The molecule has 1 aromatic rings. The van der Waals surface area contributed by atoms with Gasteiger partial charge in [-0.3, -0.25) is 4.98 Å². The zero-order chi connectivity index (χ0) is 9.52. The number of nitrogens with zero attached hydrogens (tertiary/aromatic N) is 1. The summed E-state index contributed by atoms with van der Waals surface area (Å²) in [6.07, 6.45) is 9.07. The molecule has 1 heterocycles. The monoisotopic (exact) mass is 176 g/mol. The molecule has 0 unspecified atom stereocenters. The Balaban J connectivity index is 2.48. The highest BCUT2D eigenvalue weighted by Gasteiger charge is 1.87. The average Bonchev–Trinajstić information content (AvgIpc) is 2.13. The smallest absolute Gasteiger partial charge is 0.0340 e. The van der Waals surface area contributed by atoms with Crippen molar-refractivity contribution in [3.05, 3.63) is 35.7 Å². The van der Waals surface area contributed by atoms with Gasteiger partial charge in [0.2, 0.25) is 0 Å². The minimum absolute atomic E-state index is 1.02. The van der Waals surface area contributed by atoms with Crippen molar-refractivity contribution in [3.8, 4) is 0 Å². The molecule has 1 aromatic heterocycles. The van der Waals surface area contributed by atoms with Crippen LogP contribution < -0.4 is 5.32 Å². The quantitative estimate of drug-likeness (QED) is 0.710. The highest BCUT2D eigenvalue weighted by molar-refractivity contribution is 5.48. The highest BCUT2D eigenvalue weighted by atomic mass is 14.8. The topological polar surface area (TPSA) is 24.9 Å². The van der Waals surface area contributed by atoms with Gasteiger partial charge in [-0.15, -0.1) is 0 Å². The van der Waals surface area contributed by atoms with Crippen LogP contribution in [0.15, 0.2) is 24.5 Å². The molecule has 0 radical (unpaired) electrons. The zero-order valence-corrected chi connectivity index (χ0v) is 8.25. The van der Waals surface area contributed by atoms with Gasteiger partial charge in [0, 0.05) is 12.4 Å². The second-order valence-electron chi connectivity index (χ2n) is 3.09. The number of hydrogen-bond donors (Lipinski definition) is 1. The van der Waals surface area contributed by atoms with Crippen LogP contribution in [-0.4, -0.2) is 18.6 Å². The van der Waals surface area contributed by atoms with Gasteiger partial charge in [0.1, 0.15) is 0 Å². The van der Waals surface area contributed by atoms with Crippen molar-refractivity contribution >= 4 is 6.08 Å². The van der Waals surface area contributed by atoms with Crippen LogP contribution >= 0.6 is 0 Å². The average molecular weight is 176 g/mol. The highest BCUT2D eigenvalue weighted by Crippen LogP contribution is 2.03. The van der Waals surface area contributed by atoms with Crippen LogP contribution in [0.1, 0.15) is 17.5 Å². The first kappa shape index (κ1) is 9.93. The molecule has 2 heteroatoms. The van der Waals surface area contributed by atoms with Crippen molar-refractivity contribution in [3.63, 3.8) is 0 Å². The van der Waals surface area contributed by atoms with E-state index in [-0.39, 0.29) is 0 Å². The van der Waals surface area contributed by atoms with E-state index in [1.807, 2.05) is 19.4 Å². The van der Waals surface area contributed by atoms with Gasteiger partial charge >= 0.3 is 0 Å². The normalized spacial score (nSPS) is 10.9. The Labute approximate surface area is 79.7 Å². The number of pyridine rings is 1. The summed E-state index contributed by atoms with van der Waals surface area (Å²) in [5.74, 6) is 0. The maximum atomic E-state index is 4.12. The number of aryl methyl sites for hydroxylation is 1. The second-order valence-corrected chi connectivity index (χ2v) is 3.09. The van der Waals surface area contributed by atoms with Gasteiger partial charge in [-0.1, -0.05) is 12.2 Å². The van der Waals surface area contributed by atoms with E-state index in [4.69, 9.17) is 0 Å². The predicted octanol–water partition coefficient (Wildman–Crippen LogP) is 2.01.